The van der Waals surface area contributed by atoms with Gasteiger partial charge in [-0.25, -0.2) is 4.79 Å². The van der Waals surface area contributed by atoms with Crippen LogP contribution in [0.15, 0.2) is 30.3 Å². The van der Waals surface area contributed by atoms with Crippen LogP contribution in [-0.2, 0) is 19.2 Å². The Labute approximate surface area is 199 Å². The Morgan fingerprint density at radius 2 is 1.72 bits per heavy atom. The summed E-state index contributed by atoms with van der Waals surface area (Å²) in [7, 11) is 0. The van der Waals surface area contributed by atoms with Crippen molar-refractivity contribution in [2.45, 2.75) is 24.4 Å². The zero-order chi connectivity index (χ0) is 24.5. The van der Waals surface area contributed by atoms with Crippen molar-refractivity contribution in [2.75, 3.05) is 17.2 Å². The molecule has 0 saturated heterocycles. The summed E-state index contributed by atoms with van der Waals surface area (Å²) in [6.45, 7) is -0.636. The van der Waals surface area contributed by atoms with E-state index in [-0.39, 0.29) is 10.9 Å². The quantitative estimate of drug-likeness (QED) is 0.141. The van der Waals surface area contributed by atoms with Gasteiger partial charge in [-0.15, -0.1) is 0 Å². The summed E-state index contributed by atoms with van der Waals surface area (Å²) in [5.74, 6) is -4.33. The largest absolute Gasteiger partial charge is 0.480 e. The van der Waals surface area contributed by atoms with Gasteiger partial charge in [0.1, 0.15) is 17.6 Å². The van der Waals surface area contributed by atoms with Crippen molar-refractivity contribution in [3.05, 3.63) is 30.3 Å². The lowest BCUT2D eigenvalue weighted by Gasteiger charge is -2.40. The van der Waals surface area contributed by atoms with Gasteiger partial charge in [0.25, 0.3) is 0 Å². The lowest BCUT2D eigenvalue weighted by Crippen LogP contribution is -2.65. The number of amides is 2. The maximum Gasteiger partial charge on any atom is 0.337 e. The molecule has 0 aliphatic heterocycles. The first-order chi connectivity index (χ1) is 15.0. The molecule has 0 aromatic heterocycles. The van der Waals surface area contributed by atoms with E-state index in [2.05, 4.69) is 23.3 Å². The molecule has 2 atom stereocenters. The first-order valence-corrected chi connectivity index (χ1v) is 10.5. The van der Waals surface area contributed by atoms with Crippen molar-refractivity contribution in [2.24, 2.45) is 11.5 Å². The average molecular weight is 502 g/mol. The molecule has 0 aliphatic rings. The van der Waals surface area contributed by atoms with E-state index in [1.165, 1.54) is 0 Å². The van der Waals surface area contributed by atoms with Crippen LogP contribution in [0, 0.1) is 0 Å². The number of rotatable bonds is 12. The standard InChI is InChI=1S/C18H23N5O6S3/c19-15(31)18(16(28)29,23(17(20)32)10-4-2-1-3-5-10)7-6-12(24)22-11(9-30)14(27)21-8-13(25)26/h1-5,11,30H,6-9H2,(H2,19,31)(H2,20,32)(H,21,27)(H,22,24)(H,25,26)(H,28,29)/t11-,18+/m0/s1. The van der Waals surface area contributed by atoms with Crippen molar-refractivity contribution in [1.82, 2.24) is 10.6 Å². The van der Waals surface area contributed by atoms with E-state index in [4.69, 9.17) is 41.0 Å². The molecule has 0 spiro atoms. The molecule has 0 bridgehead atoms. The van der Waals surface area contributed by atoms with Gasteiger partial charge in [0.05, 0.1) is 0 Å². The van der Waals surface area contributed by atoms with Crippen LogP contribution in [0.1, 0.15) is 12.8 Å². The Morgan fingerprint density at radius 3 is 2.16 bits per heavy atom. The number of carboxylic acid groups (broad SMARTS) is 2. The molecule has 32 heavy (non-hydrogen) atoms. The summed E-state index contributed by atoms with van der Waals surface area (Å²) in [6, 6.07) is 6.93. The molecule has 174 valence electrons. The highest BCUT2D eigenvalue weighted by molar-refractivity contribution is 7.81. The van der Waals surface area contributed by atoms with Crippen molar-refractivity contribution < 1.29 is 29.4 Å². The van der Waals surface area contributed by atoms with Gasteiger partial charge >= 0.3 is 11.9 Å². The van der Waals surface area contributed by atoms with Gasteiger partial charge in [-0.1, -0.05) is 30.4 Å². The lowest BCUT2D eigenvalue weighted by molar-refractivity contribution is -0.141. The molecule has 2 amide bonds. The third kappa shape index (κ3) is 6.77. The Balaban J connectivity index is 3.12. The number of carbonyl (C=O) groups is 4. The normalized spacial score (nSPS) is 13.2. The molecular weight excluding hydrogens is 478 g/mol. The lowest BCUT2D eigenvalue weighted by atomic mass is 9.90. The summed E-state index contributed by atoms with van der Waals surface area (Å²) in [4.78, 5) is 48.0. The number of carboxylic acids is 2. The fraction of sp³-hybridized carbons (Fsp3) is 0.333. The predicted molar refractivity (Wildman–Crippen MR) is 129 cm³/mol. The van der Waals surface area contributed by atoms with Crippen molar-refractivity contribution in [3.8, 4) is 0 Å². The fourth-order valence-corrected chi connectivity index (χ4v) is 3.61. The zero-order valence-corrected chi connectivity index (χ0v) is 19.2. The molecule has 14 heteroatoms. The molecule has 1 aromatic carbocycles. The highest BCUT2D eigenvalue weighted by Crippen LogP contribution is 2.29. The maximum atomic E-state index is 12.5. The molecule has 11 nitrogen and oxygen atoms in total. The molecule has 1 rings (SSSR count). The number of aliphatic carboxylic acids is 2. The number of hydrogen-bond donors (Lipinski definition) is 7. The summed E-state index contributed by atoms with van der Waals surface area (Å²) in [5.41, 5.74) is 9.79. The van der Waals surface area contributed by atoms with Crippen LogP contribution in [0.4, 0.5) is 5.69 Å². The van der Waals surface area contributed by atoms with Crippen LogP contribution in [0.2, 0.25) is 0 Å². The van der Waals surface area contributed by atoms with Crippen LogP contribution in [-0.4, -0.2) is 67.9 Å². The fourth-order valence-electron chi connectivity index (χ4n) is 2.81. The molecule has 0 saturated carbocycles. The molecule has 8 N–H and O–H groups in total. The number of hydrogen-bond acceptors (Lipinski definition) is 7. The Morgan fingerprint density at radius 1 is 1.12 bits per heavy atom. The molecule has 0 unspecified atom stereocenters. The topological polar surface area (TPSA) is 188 Å². The molecule has 1 aromatic rings. The van der Waals surface area contributed by atoms with Gasteiger partial charge in [0.2, 0.25) is 11.8 Å². The average Bonchev–Trinajstić information content (AvgIpc) is 2.72. The number of nitrogens with one attached hydrogen (secondary N) is 2. The van der Waals surface area contributed by atoms with Crippen LogP contribution >= 0.6 is 37.1 Å². The number of anilines is 1. The summed E-state index contributed by atoms with van der Waals surface area (Å²) >= 11 is 14.1. The van der Waals surface area contributed by atoms with E-state index in [9.17, 15) is 24.3 Å². The second-order valence-electron chi connectivity index (χ2n) is 6.45. The molecular formula is C18H23N5O6S3. The van der Waals surface area contributed by atoms with E-state index in [1.54, 1.807) is 30.3 Å². The minimum Gasteiger partial charge on any atom is -0.480 e. The second kappa shape index (κ2) is 12.2. The van der Waals surface area contributed by atoms with Crippen molar-refractivity contribution in [1.29, 1.82) is 0 Å². The number of benzene rings is 1. The molecule has 0 aliphatic carbocycles. The van der Waals surface area contributed by atoms with Gasteiger partial charge in [-0.05, 0) is 30.8 Å². The summed E-state index contributed by atoms with van der Waals surface area (Å²) < 4.78 is 0. The SMILES string of the molecule is NC(=S)N(c1ccccc1)[C@@](CCC(=O)N[C@@H](CS)C(=O)NCC(=O)O)(C(=O)O)C(N)=S. The van der Waals surface area contributed by atoms with Gasteiger partial charge < -0.3 is 32.3 Å². The third-order valence-corrected chi connectivity index (χ3v) is 5.23. The van der Waals surface area contributed by atoms with Crippen molar-refractivity contribution in [3.63, 3.8) is 0 Å². The first kappa shape index (κ1) is 27.1. The van der Waals surface area contributed by atoms with Crippen molar-refractivity contribution >= 4 is 76.6 Å². The predicted octanol–water partition coefficient (Wildman–Crippen LogP) is -0.758. The van der Waals surface area contributed by atoms with Gasteiger partial charge in [0.15, 0.2) is 10.7 Å². The number of thiocarbonyl (C=S) groups is 2. The summed E-state index contributed by atoms with van der Waals surface area (Å²) in [5, 5.41) is 22.8. The number of para-hydroxylation sites is 1. The van der Waals surface area contributed by atoms with Gasteiger partial charge in [-0.3, -0.25) is 19.3 Å². The van der Waals surface area contributed by atoms with Gasteiger partial charge in [0, 0.05) is 17.9 Å². The van der Waals surface area contributed by atoms with Crippen LogP contribution in [0.5, 0.6) is 0 Å². The Hall–Kier alpha value is -2.97. The van der Waals surface area contributed by atoms with Gasteiger partial charge in [-0.2, -0.15) is 12.6 Å². The number of thiol groups is 1. The maximum absolute atomic E-state index is 12.5. The highest BCUT2D eigenvalue weighted by atomic mass is 32.1. The number of nitrogens with two attached hydrogens (primary N) is 2. The number of carbonyl (C=O) groups excluding carboxylic acids is 2. The Kier molecular flexibility index (Phi) is 10.3. The smallest absolute Gasteiger partial charge is 0.337 e. The highest BCUT2D eigenvalue weighted by Gasteiger charge is 2.49. The second-order valence-corrected chi connectivity index (χ2v) is 7.68. The first-order valence-electron chi connectivity index (χ1n) is 9.05. The third-order valence-electron chi connectivity index (χ3n) is 4.34. The van der Waals surface area contributed by atoms with Crippen LogP contribution < -0.4 is 27.0 Å². The van der Waals surface area contributed by atoms with Crippen LogP contribution in [0.25, 0.3) is 0 Å². The van der Waals surface area contributed by atoms with E-state index in [0.717, 1.165) is 4.90 Å². The molecule has 0 heterocycles. The zero-order valence-electron chi connectivity index (χ0n) is 16.7. The summed E-state index contributed by atoms with van der Waals surface area (Å²) in [6.07, 6.45) is -0.849. The van der Waals surface area contributed by atoms with Crippen LogP contribution in [0.3, 0.4) is 0 Å². The number of nitrogens with zero attached hydrogens (tertiary/aromatic N) is 1. The minimum atomic E-state index is -2.12. The Bertz CT molecular complexity index is 884. The van der Waals surface area contributed by atoms with E-state index >= 15 is 0 Å². The van der Waals surface area contributed by atoms with E-state index < -0.39 is 59.7 Å². The van der Waals surface area contributed by atoms with E-state index in [0.29, 0.717) is 5.69 Å². The monoisotopic (exact) mass is 501 g/mol. The molecule has 0 fully saturated rings. The van der Waals surface area contributed by atoms with E-state index in [1.807, 2.05) is 0 Å². The minimum absolute atomic E-state index is 0.125. The molecule has 0 radical (unpaired) electrons.